The number of halogens is 3. The fourth-order valence-corrected chi connectivity index (χ4v) is 2.80. The maximum atomic E-state index is 12.4. The van der Waals surface area contributed by atoms with Gasteiger partial charge in [0.15, 0.2) is 0 Å². The standard InChI is InChI=1S/C15H12F3N3OS/c16-15(17,18)11-6-1-9(2-7-11)3-8-12(22)19-14-21-20-13(23-14)10-4-5-10/h1-3,6-8,10H,4-5H2,(H,19,21,22)/b8-3+. The van der Waals surface area contributed by atoms with Gasteiger partial charge in [-0.1, -0.05) is 23.5 Å². The number of hydrogen-bond acceptors (Lipinski definition) is 4. The second-order valence-corrected chi connectivity index (χ2v) is 6.17. The van der Waals surface area contributed by atoms with Gasteiger partial charge in [0.05, 0.1) is 5.56 Å². The number of carbonyl (C=O) groups is 1. The van der Waals surface area contributed by atoms with Crippen LogP contribution in [0, 0.1) is 0 Å². The van der Waals surface area contributed by atoms with Crippen molar-refractivity contribution < 1.29 is 18.0 Å². The first-order valence-corrected chi connectivity index (χ1v) is 7.73. The highest BCUT2D eigenvalue weighted by molar-refractivity contribution is 7.15. The Kier molecular flexibility index (Phi) is 4.16. The zero-order valence-electron chi connectivity index (χ0n) is 11.8. The van der Waals surface area contributed by atoms with Gasteiger partial charge in [-0.15, -0.1) is 10.2 Å². The number of alkyl halides is 3. The molecule has 3 rings (SSSR count). The summed E-state index contributed by atoms with van der Waals surface area (Å²) in [5, 5.41) is 11.8. The third kappa shape index (κ3) is 4.16. The molecule has 1 amide bonds. The Morgan fingerprint density at radius 1 is 1.22 bits per heavy atom. The summed E-state index contributed by atoms with van der Waals surface area (Å²) in [6.07, 6.45) is 0.544. The first-order chi connectivity index (χ1) is 10.9. The summed E-state index contributed by atoms with van der Waals surface area (Å²) in [6.45, 7) is 0. The van der Waals surface area contributed by atoms with Crippen LogP contribution in [0.15, 0.2) is 30.3 Å². The van der Waals surface area contributed by atoms with Crippen LogP contribution >= 0.6 is 11.3 Å². The normalized spacial score (nSPS) is 15.1. The van der Waals surface area contributed by atoms with E-state index in [-0.39, 0.29) is 0 Å². The first kappa shape index (κ1) is 15.7. The Balaban J connectivity index is 1.59. The molecule has 2 aromatic rings. The van der Waals surface area contributed by atoms with Crippen molar-refractivity contribution in [2.45, 2.75) is 24.9 Å². The summed E-state index contributed by atoms with van der Waals surface area (Å²) >= 11 is 1.35. The van der Waals surface area contributed by atoms with Gasteiger partial charge in [-0.25, -0.2) is 0 Å². The monoisotopic (exact) mass is 339 g/mol. The molecule has 0 saturated heterocycles. The smallest absolute Gasteiger partial charge is 0.297 e. The molecule has 1 aliphatic rings. The Morgan fingerprint density at radius 2 is 1.91 bits per heavy atom. The third-order valence-electron chi connectivity index (χ3n) is 3.26. The van der Waals surface area contributed by atoms with E-state index in [1.165, 1.54) is 35.6 Å². The first-order valence-electron chi connectivity index (χ1n) is 6.91. The fraction of sp³-hybridized carbons (Fsp3) is 0.267. The van der Waals surface area contributed by atoms with Gasteiger partial charge >= 0.3 is 6.18 Å². The molecule has 1 aliphatic carbocycles. The van der Waals surface area contributed by atoms with Crippen LogP contribution in [0.3, 0.4) is 0 Å². The van der Waals surface area contributed by atoms with E-state index in [0.717, 1.165) is 30.0 Å². The lowest BCUT2D eigenvalue weighted by molar-refractivity contribution is -0.137. The number of anilines is 1. The van der Waals surface area contributed by atoms with Gasteiger partial charge in [0.25, 0.3) is 0 Å². The van der Waals surface area contributed by atoms with Crippen LogP contribution < -0.4 is 5.32 Å². The summed E-state index contributed by atoms with van der Waals surface area (Å²) < 4.78 is 37.3. The molecule has 120 valence electrons. The van der Waals surface area contributed by atoms with Crippen LogP contribution in [0.1, 0.15) is 34.9 Å². The lowest BCUT2D eigenvalue weighted by Crippen LogP contribution is -2.07. The maximum Gasteiger partial charge on any atom is 0.416 e. The number of amides is 1. The van der Waals surface area contributed by atoms with Gasteiger partial charge in [0.2, 0.25) is 11.0 Å². The molecule has 0 atom stereocenters. The van der Waals surface area contributed by atoms with E-state index in [0.29, 0.717) is 16.6 Å². The average molecular weight is 339 g/mol. The lowest BCUT2D eigenvalue weighted by Gasteiger charge is -2.05. The SMILES string of the molecule is O=C(/C=C/c1ccc(C(F)(F)F)cc1)Nc1nnc(C2CC2)s1. The van der Waals surface area contributed by atoms with Crippen LogP contribution in [-0.2, 0) is 11.0 Å². The number of rotatable bonds is 4. The van der Waals surface area contributed by atoms with Crippen LogP contribution in [-0.4, -0.2) is 16.1 Å². The van der Waals surface area contributed by atoms with E-state index >= 15 is 0 Å². The molecule has 8 heteroatoms. The topological polar surface area (TPSA) is 54.9 Å². The molecule has 1 fully saturated rings. The molecular weight excluding hydrogens is 327 g/mol. The Labute approximate surface area is 134 Å². The molecule has 0 aliphatic heterocycles. The molecular formula is C15H12F3N3OS. The van der Waals surface area contributed by atoms with Crippen molar-refractivity contribution in [3.63, 3.8) is 0 Å². The molecule has 1 N–H and O–H groups in total. The maximum absolute atomic E-state index is 12.4. The molecule has 0 unspecified atom stereocenters. The predicted molar refractivity (Wildman–Crippen MR) is 81.0 cm³/mol. The van der Waals surface area contributed by atoms with E-state index in [9.17, 15) is 18.0 Å². The van der Waals surface area contributed by atoms with Gasteiger partial charge in [-0.2, -0.15) is 13.2 Å². The highest BCUT2D eigenvalue weighted by atomic mass is 32.1. The average Bonchev–Trinajstić information content (AvgIpc) is 3.25. The summed E-state index contributed by atoms with van der Waals surface area (Å²) in [5.74, 6) is 0.0734. The van der Waals surface area contributed by atoms with E-state index in [2.05, 4.69) is 15.5 Å². The number of aromatic nitrogens is 2. The molecule has 1 saturated carbocycles. The van der Waals surface area contributed by atoms with Crippen LogP contribution in [0.4, 0.5) is 18.3 Å². The highest BCUT2D eigenvalue weighted by Gasteiger charge is 2.30. The zero-order valence-corrected chi connectivity index (χ0v) is 12.6. The second kappa shape index (κ2) is 6.11. The van der Waals surface area contributed by atoms with Crippen LogP contribution in [0.25, 0.3) is 6.08 Å². The Hall–Kier alpha value is -2.22. The van der Waals surface area contributed by atoms with Gasteiger partial charge in [0, 0.05) is 12.0 Å². The molecule has 0 radical (unpaired) electrons. The molecule has 23 heavy (non-hydrogen) atoms. The van der Waals surface area contributed by atoms with Gasteiger partial charge in [0.1, 0.15) is 5.01 Å². The van der Waals surface area contributed by atoms with E-state index in [1.807, 2.05) is 0 Å². The second-order valence-electron chi connectivity index (χ2n) is 5.16. The predicted octanol–water partition coefficient (Wildman–Crippen LogP) is 4.09. The van der Waals surface area contributed by atoms with Gasteiger partial charge < -0.3 is 0 Å². The Morgan fingerprint density at radius 3 is 2.52 bits per heavy atom. The minimum absolute atomic E-state index is 0.400. The Bertz CT molecular complexity index is 733. The van der Waals surface area contributed by atoms with Gasteiger partial charge in [-0.3, -0.25) is 10.1 Å². The van der Waals surface area contributed by atoms with E-state index < -0.39 is 17.6 Å². The van der Waals surface area contributed by atoms with Crippen molar-refractivity contribution in [1.29, 1.82) is 0 Å². The van der Waals surface area contributed by atoms with E-state index in [1.54, 1.807) is 0 Å². The van der Waals surface area contributed by atoms with Crippen molar-refractivity contribution in [2.24, 2.45) is 0 Å². The summed E-state index contributed by atoms with van der Waals surface area (Å²) in [7, 11) is 0. The summed E-state index contributed by atoms with van der Waals surface area (Å²) in [5.41, 5.74) is -0.218. The lowest BCUT2D eigenvalue weighted by atomic mass is 10.1. The van der Waals surface area contributed by atoms with Crippen LogP contribution in [0.5, 0.6) is 0 Å². The van der Waals surface area contributed by atoms with Crippen molar-refractivity contribution >= 4 is 28.5 Å². The number of nitrogens with one attached hydrogen (secondary N) is 1. The molecule has 0 spiro atoms. The molecule has 1 heterocycles. The molecule has 1 aromatic carbocycles. The number of hydrogen-bond donors (Lipinski definition) is 1. The van der Waals surface area contributed by atoms with Crippen molar-refractivity contribution in [3.8, 4) is 0 Å². The van der Waals surface area contributed by atoms with Crippen molar-refractivity contribution in [3.05, 3.63) is 46.5 Å². The quantitative estimate of drug-likeness (QED) is 0.854. The molecule has 0 bridgehead atoms. The summed E-state index contributed by atoms with van der Waals surface area (Å²) in [6, 6.07) is 4.57. The molecule has 4 nitrogen and oxygen atoms in total. The minimum atomic E-state index is -4.36. The number of benzene rings is 1. The number of nitrogens with zero attached hydrogens (tertiary/aromatic N) is 2. The zero-order chi connectivity index (χ0) is 16.4. The largest absolute Gasteiger partial charge is 0.416 e. The van der Waals surface area contributed by atoms with E-state index in [4.69, 9.17) is 0 Å². The molecule has 1 aromatic heterocycles. The highest BCUT2D eigenvalue weighted by Crippen LogP contribution is 2.42. The minimum Gasteiger partial charge on any atom is -0.297 e. The third-order valence-corrected chi connectivity index (χ3v) is 4.26. The fourth-order valence-electron chi connectivity index (χ4n) is 1.88. The van der Waals surface area contributed by atoms with Gasteiger partial charge in [-0.05, 0) is 36.6 Å². The number of carbonyl (C=O) groups excluding carboxylic acids is 1. The van der Waals surface area contributed by atoms with Crippen LogP contribution in [0.2, 0.25) is 0 Å². The van der Waals surface area contributed by atoms with Crippen molar-refractivity contribution in [2.75, 3.05) is 5.32 Å². The van der Waals surface area contributed by atoms with Crippen molar-refractivity contribution in [1.82, 2.24) is 10.2 Å². The summed E-state index contributed by atoms with van der Waals surface area (Å²) in [4.78, 5) is 11.8.